The third kappa shape index (κ3) is 2.33. The van der Waals surface area contributed by atoms with Crippen molar-refractivity contribution in [3.05, 3.63) is 28.0 Å². The van der Waals surface area contributed by atoms with E-state index in [1.165, 1.54) is 0 Å². The molecule has 1 aromatic heterocycles. The molecule has 0 aliphatic rings. The van der Waals surface area contributed by atoms with E-state index < -0.39 is 0 Å². The summed E-state index contributed by atoms with van der Waals surface area (Å²) in [6, 6.07) is 1.68. The molecular weight excluding hydrogens is 207 g/mol. The molecule has 0 spiro atoms. The molecule has 0 unspecified atom stereocenters. The third-order valence-electron chi connectivity index (χ3n) is 1.96. The summed E-state index contributed by atoms with van der Waals surface area (Å²) in [5, 5.41) is 1.12. The molecule has 0 radical (unpaired) electrons. The fourth-order valence-electron chi connectivity index (χ4n) is 1.01. The van der Waals surface area contributed by atoms with E-state index in [0.717, 1.165) is 5.69 Å². The van der Waals surface area contributed by atoms with Crippen molar-refractivity contribution in [2.24, 2.45) is 5.73 Å². The number of hydrogen-bond donors (Lipinski definition) is 1. The lowest BCUT2D eigenvalue weighted by Gasteiger charge is -2.22. The molecule has 0 aliphatic carbocycles. The van der Waals surface area contributed by atoms with Gasteiger partial charge in [-0.25, -0.2) is 0 Å². The number of pyridine rings is 1. The van der Waals surface area contributed by atoms with E-state index in [-0.39, 0.29) is 5.41 Å². The minimum atomic E-state index is -0.207. The van der Waals surface area contributed by atoms with Gasteiger partial charge in [0.25, 0.3) is 0 Å². The molecule has 1 heterocycles. The maximum atomic E-state index is 5.99. The zero-order valence-corrected chi connectivity index (χ0v) is 9.15. The lowest BCUT2D eigenvalue weighted by atomic mass is 9.89. The van der Waals surface area contributed by atoms with Crippen molar-refractivity contribution in [1.29, 1.82) is 0 Å². The average Bonchev–Trinajstić information content (AvgIpc) is 2.03. The number of halogens is 2. The molecule has 0 aliphatic heterocycles. The Morgan fingerprint density at radius 3 is 2.54 bits per heavy atom. The Hall–Kier alpha value is -0.310. The van der Waals surface area contributed by atoms with E-state index in [0.29, 0.717) is 16.6 Å². The average molecular weight is 219 g/mol. The maximum absolute atomic E-state index is 5.99. The van der Waals surface area contributed by atoms with Crippen molar-refractivity contribution in [3.8, 4) is 0 Å². The first-order valence-electron chi connectivity index (χ1n) is 3.99. The van der Waals surface area contributed by atoms with Gasteiger partial charge >= 0.3 is 0 Å². The zero-order chi connectivity index (χ0) is 10.1. The van der Waals surface area contributed by atoms with Crippen LogP contribution >= 0.6 is 23.2 Å². The highest BCUT2D eigenvalue weighted by atomic mass is 35.5. The lowest BCUT2D eigenvalue weighted by molar-refractivity contribution is 0.522. The van der Waals surface area contributed by atoms with Crippen molar-refractivity contribution in [2.45, 2.75) is 19.3 Å². The Balaban J connectivity index is 3.16. The van der Waals surface area contributed by atoms with Gasteiger partial charge in [-0.3, -0.25) is 4.98 Å². The van der Waals surface area contributed by atoms with E-state index in [4.69, 9.17) is 28.9 Å². The first-order valence-corrected chi connectivity index (χ1v) is 4.74. The lowest BCUT2D eigenvalue weighted by Crippen LogP contribution is -2.29. The van der Waals surface area contributed by atoms with Gasteiger partial charge in [0.15, 0.2) is 0 Å². The second-order valence-corrected chi connectivity index (χ2v) is 4.42. The molecule has 4 heteroatoms. The summed E-state index contributed by atoms with van der Waals surface area (Å²) in [4.78, 5) is 4.18. The molecule has 1 aromatic rings. The molecule has 0 fully saturated rings. The molecule has 0 saturated carbocycles. The van der Waals surface area contributed by atoms with E-state index in [2.05, 4.69) is 4.98 Å². The summed E-state index contributed by atoms with van der Waals surface area (Å²) in [6.07, 6.45) is 1.58. The molecule has 2 nitrogen and oxygen atoms in total. The Morgan fingerprint density at radius 2 is 2.08 bits per heavy atom. The van der Waals surface area contributed by atoms with Gasteiger partial charge in [0.2, 0.25) is 0 Å². The standard InChI is InChI=1S/C9H12Cl2N2/c1-9(2,5-12)8-7(11)3-6(10)4-13-8/h3-4H,5,12H2,1-2H3. The van der Waals surface area contributed by atoms with Crippen molar-refractivity contribution in [1.82, 2.24) is 4.98 Å². The number of nitrogens with zero attached hydrogens (tertiary/aromatic N) is 1. The maximum Gasteiger partial charge on any atom is 0.0659 e. The van der Waals surface area contributed by atoms with Gasteiger partial charge in [-0.1, -0.05) is 37.0 Å². The van der Waals surface area contributed by atoms with Crippen LogP contribution in [-0.2, 0) is 5.41 Å². The summed E-state index contributed by atoms with van der Waals surface area (Å²) in [6.45, 7) is 4.49. The molecule has 1 rings (SSSR count). The zero-order valence-electron chi connectivity index (χ0n) is 7.64. The van der Waals surface area contributed by atoms with Crippen LogP contribution in [0.15, 0.2) is 12.3 Å². The summed E-state index contributed by atoms with van der Waals surface area (Å²) < 4.78 is 0. The quantitative estimate of drug-likeness (QED) is 0.830. The van der Waals surface area contributed by atoms with E-state index >= 15 is 0 Å². The van der Waals surface area contributed by atoms with E-state index in [1.807, 2.05) is 13.8 Å². The largest absolute Gasteiger partial charge is 0.330 e. The van der Waals surface area contributed by atoms with Crippen LogP contribution in [0.25, 0.3) is 0 Å². The second kappa shape index (κ2) is 3.82. The van der Waals surface area contributed by atoms with Crippen LogP contribution < -0.4 is 5.73 Å². The molecule has 0 bridgehead atoms. The van der Waals surface area contributed by atoms with Crippen molar-refractivity contribution in [3.63, 3.8) is 0 Å². The van der Waals surface area contributed by atoms with E-state index in [9.17, 15) is 0 Å². The van der Waals surface area contributed by atoms with Crippen molar-refractivity contribution >= 4 is 23.2 Å². The molecule has 72 valence electrons. The SMILES string of the molecule is CC(C)(CN)c1ncc(Cl)cc1Cl. The summed E-state index contributed by atoms with van der Waals surface area (Å²) in [7, 11) is 0. The number of hydrogen-bond acceptors (Lipinski definition) is 2. The van der Waals surface area contributed by atoms with Crippen LogP contribution in [0.4, 0.5) is 0 Å². The fraction of sp³-hybridized carbons (Fsp3) is 0.444. The molecule has 0 amide bonds. The van der Waals surface area contributed by atoms with Gasteiger partial charge in [-0.2, -0.15) is 0 Å². The Labute approximate surface area is 88.1 Å². The first-order chi connectivity index (χ1) is 5.97. The van der Waals surface area contributed by atoms with Crippen LogP contribution in [0.5, 0.6) is 0 Å². The highest BCUT2D eigenvalue weighted by molar-refractivity contribution is 6.34. The van der Waals surface area contributed by atoms with Gasteiger partial charge in [0.05, 0.1) is 15.7 Å². The van der Waals surface area contributed by atoms with Gasteiger partial charge < -0.3 is 5.73 Å². The van der Waals surface area contributed by atoms with Crippen molar-refractivity contribution < 1.29 is 0 Å². The minimum Gasteiger partial charge on any atom is -0.330 e. The van der Waals surface area contributed by atoms with Crippen LogP contribution in [0.1, 0.15) is 19.5 Å². The smallest absolute Gasteiger partial charge is 0.0659 e. The van der Waals surface area contributed by atoms with Crippen molar-refractivity contribution in [2.75, 3.05) is 6.54 Å². The van der Waals surface area contributed by atoms with Gasteiger partial charge in [-0.05, 0) is 6.07 Å². The number of nitrogens with two attached hydrogens (primary N) is 1. The van der Waals surface area contributed by atoms with Crippen LogP contribution in [-0.4, -0.2) is 11.5 Å². The highest BCUT2D eigenvalue weighted by Gasteiger charge is 2.23. The van der Waals surface area contributed by atoms with Gasteiger partial charge in [-0.15, -0.1) is 0 Å². The second-order valence-electron chi connectivity index (χ2n) is 3.57. The number of aromatic nitrogens is 1. The Kier molecular flexibility index (Phi) is 3.17. The fourth-order valence-corrected chi connectivity index (χ4v) is 1.65. The predicted octanol–water partition coefficient (Wildman–Crippen LogP) is 2.62. The molecule has 2 N–H and O–H groups in total. The summed E-state index contributed by atoms with van der Waals surface area (Å²) in [5.74, 6) is 0. The topological polar surface area (TPSA) is 38.9 Å². The van der Waals surface area contributed by atoms with Gasteiger partial charge in [0, 0.05) is 18.2 Å². The van der Waals surface area contributed by atoms with Crippen LogP contribution in [0.3, 0.4) is 0 Å². The highest BCUT2D eigenvalue weighted by Crippen LogP contribution is 2.28. The Bertz CT molecular complexity index is 310. The summed E-state index contributed by atoms with van der Waals surface area (Å²) in [5.41, 5.74) is 6.20. The van der Waals surface area contributed by atoms with Crippen LogP contribution in [0, 0.1) is 0 Å². The third-order valence-corrected chi connectivity index (χ3v) is 2.45. The van der Waals surface area contributed by atoms with Crippen LogP contribution in [0.2, 0.25) is 10.0 Å². The molecule has 0 atom stereocenters. The first kappa shape index (κ1) is 10.8. The van der Waals surface area contributed by atoms with E-state index in [1.54, 1.807) is 12.3 Å². The molecule has 13 heavy (non-hydrogen) atoms. The van der Waals surface area contributed by atoms with Gasteiger partial charge in [0.1, 0.15) is 0 Å². The molecule has 0 aromatic carbocycles. The number of rotatable bonds is 2. The minimum absolute atomic E-state index is 0.207. The summed E-state index contributed by atoms with van der Waals surface area (Å²) >= 11 is 11.7. The normalized spacial score (nSPS) is 11.8. The molecular formula is C9H12Cl2N2. The molecule has 0 saturated heterocycles. The predicted molar refractivity (Wildman–Crippen MR) is 56.3 cm³/mol. The Morgan fingerprint density at radius 1 is 1.46 bits per heavy atom. The monoisotopic (exact) mass is 218 g/mol.